The normalized spacial score (nSPS) is 10.8. The van der Waals surface area contributed by atoms with Crippen molar-refractivity contribution in [2.45, 2.75) is 4.90 Å². The lowest BCUT2D eigenvalue weighted by Gasteiger charge is -2.18. The highest BCUT2D eigenvalue weighted by atomic mass is 35.5. The van der Waals surface area contributed by atoms with Gasteiger partial charge in [-0.2, -0.15) is 0 Å². The van der Waals surface area contributed by atoms with Crippen LogP contribution < -0.4 is 15.6 Å². The van der Waals surface area contributed by atoms with E-state index in [-0.39, 0.29) is 5.82 Å². The van der Waals surface area contributed by atoms with E-state index in [9.17, 15) is 4.39 Å². The fourth-order valence-corrected chi connectivity index (χ4v) is 3.80. The van der Waals surface area contributed by atoms with Gasteiger partial charge in [0.25, 0.3) is 0 Å². The summed E-state index contributed by atoms with van der Waals surface area (Å²) in [5, 5.41) is 1.07. The minimum Gasteiger partial charge on any atom is -0.550 e. The third kappa shape index (κ3) is 3.86. The highest BCUT2D eigenvalue weighted by molar-refractivity contribution is 7.98. The Kier molecular flexibility index (Phi) is 5.56. The molecule has 3 aromatic carbocycles. The lowest BCUT2D eigenvalue weighted by molar-refractivity contribution is 0.591. The van der Waals surface area contributed by atoms with Gasteiger partial charge >= 0.3 is 6.92 Å². The number of hydrogen-bond acceptors (Lipinski definition) is 3. The third-order valence-electron chi connectivity index (χ3n) is 4.47. The van der Waals surface area contributed by atoms with Gasteiger partial charge in [-0.1, -0.05) is 35.9 Å². The van der Waals surface area contributed by atoms with Crippen LogP contribution in [0.5, 0.6) is 5.75 Å². The molecule has 0 radical (unpaired) electrons. The standard InChI is InChI=1S/C22H16BClFNOS/c1-28-18-8-3-6-16(14-18)23(15-5-2-7-17(24)13-15)27-21-11-10-20(25)19-9-4-12-26-22(19)21/h2-14H,1H3. The number of aromatic nitrogens is 1. The maximum Gasteiger partial charge on any atom is 0.426 e. The highest BCUT2D eigenvalue weighted by Gasteiger charge is 2.25. The Labute approximate surface area is 172 Å². The summed E-state index contributed by atoms with van der Waals surface area (Å²) in [5.41, 5.74) is 2.40. The lowest BCUT2D eigenvalue weighted by Crippen LogP contribution is -2.47. The SMILES string of the molecule is CSc1cccc(B(Oc2ccc(F)c3cccnc23)c2cccc(Cl)c2)c1. The van der Waals surface area contributed by atoms with E-state index < -0.39 is 6.92 Å². The summed E-state index contributed by atoms with van der Waals surface area (Å²) < 4.78 is 20.6. The van der Waals surface area contributed by atoms with Crippen LogP contribution in [0.15, 0.2) is 83.9 Å². The Morgan fingerprint density at radius 1 is 0.964 bits per heavy atom. The van der Waals surface area contributed by atoms with Crippen molar-refractivity contribution in [1.82, 2.24) is 4.98 Å². The predicted octanol–water partition coefficient (Wildman–Crippen LogP) is 4.93. The van der Waals surface area contributed by atoms with Gasteiger partial charge in [0.15, 0.2) is 0 Å². The molecule has 0 unspecified atom stereocenters. The molecule has 138 valence electrons. The van der Waals surface area contributed by atoms with E-state index in [0.717, 1.165) is 15.8 Å². The maximum atomic E-state index is 14.2. The molecule has 1 heterocycles. The van der Waals surface area contributed by atoms with Gasteiger partial charge in [0.2, 0.25) is 0 Å². The van der Waals surface area contributed by atoms with E-state index in [4.69, 9.17) is 16.3 Å². The number of hydrogen-bond donors (Lipinski definition) is 0. The Bertz CT molecular complexity index is 1140. The van der Waals surface area contributed by atoms with Crippen LogP contribution in [0.3, 0.4) is 0 Å². The van der Waals surface area contributed by atoms with E-state index >= 15 is 0 Å². The van der Waals surface area contributed by atoms with E-state index in [1.54, 1.807) is 36.2 Å². The van der Waals surface area contributed by atoms with Crippen molar-refractivity contribution < 1.29 is 9.04 Å². The molecule has 0 saturated carbocycles. The van der Waals surface area contributed by atoms with Gasteiger partial charge in [0, 0.05) is 21.5 Å². The molecule has 6 heteroatoms. The van der Waals surface area contributed by atoms with Crippen LogP contribution in [-0.4, -0.2) is 18.2 Å². The van der Waals surface area contributed by atoms with E-state index in [2.05, 4.69) is 17.1 Å². The van der Waals surface area contributed by atoms with E-state index in [0.29, 0.717) is 21.7 Å². The molecule has 0 aliphatic carbocycles. The Hall–Kier alpha value is -2.50. The minimum absolute atomic E-state index is 0.320. The molecule has 0 spiro atoms. The molecule has 4 aromatic rings. The monoisotopic (exact) mass is 407 g/mol. The number of rotatable bonds is 5. The highest BCUT2D eigenvalue weighted by Crippen LogP contribution is 2.26. The van der Waals surface area contributed by atoms with Crippen molar-refractivity contribution in [2.75, 3.05) is 6.26 Å². The summed E-state index contributed by atoms with van der Waals surface area (Å²) in [4.78, 5) is 5.47. The quantitative estimate of drug-likeness (QED) is 0.346. The smallest absolute Gasteiger partial charge is 0.426 e. The third-order valence-corrected chi connectivity index (χ3v) is 5.43. The van der Waals surface area contributed by atoms with Crippen LogP contribution in [0.1, 0.15) is 0 Å². The summed E-state index contributed by atoms with van der Waals surface area (Å²) in [6.07, 6.45) is 3.67. The maximum absolute atomic E-state index is 14.2. The number of halogens is 2. The topological polar surface area (TPSA) is 22.1 Å². The zero-order valence-corrected chi connectivity index (χ0v) is 16.7. The molecule has 0 aliphatic heterocycles. The van der Waals surface area contributed by atoms with Crippen molar-refractivity contribution in [1.29, 1.82) is 0 Å². The van der Waals surface area contributed by atoms with Crippen LogP contribution in [0.25, 0.3) is 10.9 Å². The van der Waals surface area contributed by atoms with Crippen molar-refractivity contribution in [3.63, 3.8) is 0 Å². The molecular formula is C22H16BClFNOS. The molecular weight excluding hydrogens is 392 g/mol. The zero-order valence-electron chi connectivity index (χ0n) is 15.1. The molecule has 0 fully saturated rings. The fraction of sp³-hybridized carbons (Fsp3) is 0.0455. The van der Waals surface area contributed by atoms with Gasteiger partial charge in [-0.05, 0) is 65.7 Å². The second kappa shape index (κ2) is 8.25. The van der Waals surface area contributed by atoms with Crippen LogP contribution in [0.4, 0.5) is 4.39 Å². The first-order valence-corrected chi connectivity index (χ1v) is 10.4. The van der Waals surface area contributed by atoms with E-state index in [1.165, 1.54) is 6.07 Å². The molecule has 0 bridgehead atoms. The summed E-state index contributed by atoms with van der Waals surface area (Å²) in [6.45, 7) is -0.401. The van der Waals surface area contributed by atoms with Crippen LogP contribution in [-0.2, 0) is 0 Å². The summed E-state index contributed by atoms with van der Waals surface area (Å²) in [6, 6.07) is 22.2. The first-order chi connectivity index (χ1) is 13.7. The molecule has 0 amide bonds. The van der Waals surface area contributed by atoms with Crippen molar-refractivity contribution in [2.24, 2.45) is 0 Å². The molecule has 2 nitrogen and oxygen atoms in total. The van der Waals surface area contributed by atoms with Crippen molar-refractivity contribution in [3.8, 4) is 5.75 Å². The summed E-state index contributed by atoms with van der Waals surface area (Å²) in [5.74, 6) is 0.204. The Balaban J connectivity index is 1.84. The average molecular weight is 408 g/mol. The molecule has 0 aliphatic rings. The number of pyridine rings is 1. The van der Waals surface area contributed by atoms with Crippen LogP contribution in [0.2, 0.25) is 5.02 Å². The van der Waals surface area contributed by atoms with Crippen LogP contribution in [0, 0.1) is 5.82 Å². The molecule has 28 heavy (non-hydrogen) atoms. The Morgan fingerprint density at radius 2 is 1.75 bits per heavy atom. The van der Waals surface area contributed by atoms with Gasteiger partial charge in [-0.3, -0.25) is 4.98 Å². The molecule has 4 rings (SSSR count). The molecule has 0 saturated heterocycles. The molecule has 1 aromatic heterocycles. The minimum atomic E-state index is -0.401. The van der Waals surface area contributed by atoms with Crippen LogP contribution >= 0.6 is 23.4 Å². The van der Waals surface area contributed by atoms with Gasteiger partial charge in [-0.15, -0.1) is 11.8 Å². The number of fused-ring (bicyclic) bond motifs is 1. The average Bonchev–Trinajstić information content (AvgIpc) is 2.73. The molecule has 0 atom stereocenters. The van der Waals surface area contributed by atoms with E-state index in [1.807, 2.05) is 42.7 Å². The second-order valence-corrected chi connectivity index (χ2v) is 7.59. The number of thioether (sulfide) groups is 1. The first kappa shape index (κ1) is 18.8. The number of nitrogens with zero attached hydrogens (tertiary/aromatic N) is 1. The van der Waals surface area contributed by atoms with Gasteiger partial charge in [0.05, 0.1) is 0 Å². The molecule has 0 N–H and O–H groups in total. The fourth-order valence-electron chi connectivity index (χ4n) is 3.14. The van der Waals surface area contributed by atoms with Gasteiger partial charge in [-0.25, -0.2) is 4.39 Å². The lowest BCUT2D eigenvalue weighted by atomic mass is 9.55. The Morgan fingerprint density at radius 3 is 2.54 bits per heavy atom. The first-order valence-electron chi connectivity index (χ1n) is 8.75. The second-order valence-electron chi connectivity index (χ2n) is 6.27. The number of benzene rings is 3. The van der Waals surface area contributed by atoms with Crippen molar-refractivity contribution >= 4 is 52.1 Å². The largest absolute Gasteiger partial charge is 0.550 e. The van der Waals surface area contributed by atoms with Gasteiger partial charge in [0.1, 0.15) is 17.1 Å². The predicted molar refractivity (Wildman–Crippen MR) is 117 cm³/mol. The van der Waals surface area contributed by atoms with Crippen molar-refractivity contribution in [3.05, 3.63) is 89.8 Å². The van der Waals surface area contributed by atoms with Gasteiger partial charge < -0.3 is 4.65 Å². The summed E-state index contributed by atoms with van der Waals surface area (Å²) >= 11 is 7.90. The summed E-state index contributed by atoms with van der Waals surface area (Å²) in [7, 11) is 0. The zero-order chi connectivity index (χ0) is 19.5.